The van der Waals surface area contributed by atoms with Gasteiger partial charge in [-0.05, 0) is 62.5 Å². The molecule has 2 rings (SSSR count). The molecule has 0 unspecified atom stereocenters. The van der Waals surface area contributed by atoms with Gasteiger partial charge in [0.2, 0.25) is 0 Å². The van der Waals surface area contributed by atoms with Crippen LogP contribution in [0.15, 0.2) is 60.7 Å². The summed E-state index contributed by atoms with van der Waals surface area (Å²) in [5, 5.41) is 6.78. The highest BCUT2D eigenvalue weighted by molar-refractivity contribution is 7.80. The van der Waals surface area contributed by atoms with Gasteiger partial charge in [0.25, 0.3) is 0 Å². The van der Waals surface area contributed by atoms with Crippen molar-refractivity contribution in [3.8, 4) is 11.5 Å². The fourth-order valence-corrected chi connectivity index (χ4v) is 1.95. The van der Waals surface area contributed by atoms with Crippen LogP contribution in [-0.2, 0) is 0 Å². The molecule has 3 nitrogen and oxygen atoms in total. The number of hydrogen-bond acceptors (Lipinski definition) is 2. The molecule has 0 amide bonds. The molecule has 2 aromatic carbocycles. The van der Waals surface area contributed by atoms with Gasteiger partial charge >= 0.3 is 0 Å². The molecule has 0 aliphatic heterocycles. The molecule has 0 bridgehead atoms. The summed E-state index contributed by atoms with van der Waals surface area (Å²) >= 11 is 5.21. The summed E-state index contributed by atoms with van der Waals surface area (Å²) in [6.07, 6.45) is 0. The van der Waals surface area contributed by atoms with Gasteiger partial charge in [0, 0.05) is 12.2 Å². The average molecular weight is 312 g/mol. The summed E-state index contributed by atoms with van der Waals surface area (Å²) < 4.78 is 5.78. The number of anilines is 1. The first-order valence-corrected chi connectivity index (χ1v) is 7.47. The van der Waals surface area contributed by atoms with E-state index in [1.54, 1.807) is 0 Å². The number of nitrogens with one attached hydrogen (secondary N) is 2. The Kier molecular flexibility index (Phi) is 5.55. The second-order valence-corrected chi connectivity index (χ2v) is 5.61. The van der Waals surface area contributed by atoms with Gasteiger partial charge in [-0.3, -0.25) is 0 Å². The van der Waals surface area contributed by atoms with Gasteiger partial charge in [0.05, 0.1) is 0 Å². The van der Waals surface area contributed by atoms with Gasteiger partial charge in [0.1, 0.15) is 11.5 Å². The van der Waals surface area contributed by atoms with Crippen molar-refractivity contribution < 1.29 is 4.74 Å². The molecule has 0 aliphatic carbocycles. The van der Waals surface area contributed by atoms with Crippen molar-refractivity contribution in [3.05, 3.63) is 66.2 Å². The van der Waals surface area contributed by atoms with Crippen molar-refractivity contribution in [2.45, 2.75) is 13.8 Å². The molecule has 0 saturated heterocycles. The Morgan fingerprint density at radius 1 is 1.05 bits per heavy atom. The largest absolute Gasteiger partial charge is 0.457 e. The molecule has 0 aromatic heterocycles. The minimum atomic E-state index is 0.579. The lowest BCUT2D eigenvalue weighted by Crippen LogP contribution is -2.29. The molecular formula is C18H20N2OS. The van der Waals surface area contributed by atoms with Gasteiger partial charge < -0.3 is 15.4 Å². The highest BCUT2D eigenvalue weighted by Gasteiger charge is 2.00. The monoisotopic (exact) mass is 312 g/mol. The summed E-state index contributed by atoms with van der Waals surface area (Å²) in [7, 11) is 0. The van der Waals surface area contributed by atoms with Crippen LogP contribution in [0.3, 0.4) is 0 Å². The van der Waals surface area contributed by atoms with E-state index in [2.05, 4.69) is 24.1 Å². The zero-order chi connectivity index (χ0) is 15.9. The van der Waals surface area contributed by atoms with Crippen LogP contribution in [0, 0.1) is 6.92 Å². The average Bonchev–Trinajstić information content (AvgIpc) is 2.49. The summed E-state index contributed by atoms with van der Waals surface area (Å²) in [5.74, 6) is 1.61. The maximum atomic E-state index is 5.78. The minimum absolute atomic E-state index is 0.579. The Bertz CT molecular complexity index is 648. The fraction of sp³-hybridized carbons (Fsp3) is 0.167. The lowest BCUT2D eigenvalue weighted by molar-refractivity contribution is 0.482. The first kappa shape index (κ1) is 16.0. The van der Waals surface area contributed by atoms with Crippen LogP contribution in [0.25, 0.3) is 0 Å². The van der Waals surface area contributed by atoms with Gasteiger partial charge in [-0.25, -0.2) is 0 Å². The maximum Gasteiger partial charge on any atom is 0.171 e. The number of aryl methyl sites for hydroxylation is 1. The SMILES string of the molecule is C=C(C)CNC(=S)Nc1ccc(Oc2ccc(C)cc2)cc1. The van der Waals surface area contributed by atoms with Gasteiger partial charge in [0.15, 0.2) is 5.11 Å². The zero-order valence-electron chi connectivity index (χ0n) is 12.8. The Morgan fingerprint density at radius 3 is 2.14 bits per heavy atom. The second kappa shape index (κ2) is 7.61. The Morgan fingerprint density at radius 2 is 1.59 bits per heavy atom. The second-order valence-electron chi connectivity index (χ2n) is 5.20. The summed E-state index contributed by atoms with van der Waals surface area (Å²) in [6.45, 7) is 8.49. The van der Waals surface area contributed by atoms with Crippen LogP contribution in [0.5, 0.6) is 11.5 Å². The van der Waals surface area contributed by atoms with Crippen LogP contribution >= 0.6 is 12.2 Å². The number of rotatable bonds is 5. The molecule has 0 radical (unpaired) electrons. The number of hydrogen-bond donors (Lipinski definition) is 2. The van der Waals surface area contributed by atoms with Crippen LogP contribution in [-0.4, -0.2) is 11.7 Å². The third-order valence-corrected chi connectivity index (χ3v) is 3.17. The maximum absolute atomic E-state index is 5.78. The van der Waals surface area contributed by atoms with Crippen molar-refractivity contribution in [2.75, 3.05) is 11.9 Å². The van der Waals surface area contributed by atoms with Crippen LogP contribution < -0.4 is 15.4 Å². The molecule has 114 valence electrons. The number of benzene rings is 2. The van der Waals surface area contributed by atoms with E-state index in [0.29, 0.717) is 11.7 Å². The van der Waals surface area contributed by atoms with E-state index in [-0.39, 0.29) is 0 Å². The number of ether oxygens (including phenoxy) is 1. The van der Waals surface area contributed by atoms with Crippen molar-refractivity contribution in [3.63, 3.8) is 0 Å². The highest BCUT2D eigenvalue weighted by Crippen LogP contribution is 2.23. The summed E-state index contributed by atoms with van der Waals surface area (Å²) in [4.78, 5) is 0. The standard InChI is InChI=1S/C18H20N2OS/c1-13(2)12-19-18(22)20-15-6-10-17(11-7-15)21-16-8-4-14(3)5-9-16/h4-11H,1,12H2,2-3H3,(H2,19,20,22). The quantitative estimate of drug-likeness (QED) is 0.622. The van der Waals surface area contributed by atoms with Gasteiger partial charge in [-0.1, -0.05) is 29.8 Å². The van der Waals surface area contributed by atoms with E-state index >= 15 is 0 Å². The first-order chi connectivity index (χ1) is 10.5. The van der Waals surface area contributed by atoms with E-state index in [0.717, 1.165) is 22.8 Å². The Labute approximate surface area is 137 Å². The highest BCUT2D eigenvalue weighted by atomic mass is 32.1. The topological polar surface area (TPSA) is 33.3 Å². The van der Waals surface area contributed by atoms with Crippen molar-refractivity contribution in [1.29, 1.82) is 0 Å². The van der Waals surface area contributed by atoms with Crippen LogP contribution in [0.2, 0.25) is 0 Å². The fourth-order valence-electron chi connectivity index (χ4n) is 1.76. The molecule has 0 saturated carbocycles. The van der Waals surface area contributed by atoms with E-state index in [9.17, 15) is 0 Å². The summed E-state index contributed by atoms with van der Waals surface area (Å²) in [5.41, 5.74) is 3.16. The number of thiocarbonyl (C=S) groups is 1. The van der Waals surface area contributed by atoms with E-state index in [4.69, 9.17) is 17.0 Å². The predicted octanol–water partition coefficient (Wildman–Crippen LogP) is 4.65. The predicted molar refractivity (Wildman–Crippen MR) is 96.7 cm³/mol. The van der Waals surface area contributed by atoms with Crippen molar-refractivity contribution >= 4 is 23.0 Å². The minimum Gasteiger partial charge on any atom is -0.457 e. The molecule has 4 heteroatoms. The van der Waals surface area contributed by atoms with Crippen molar-refractivity contribution in [1.82, 2.24) is 5.32 Å². The summed E-state index contributed by atoms with van der Waals surface area (Å²) in [6, 6.07) is 15.6. The third-order valence-electron chi connectivity index (χ3n) is 2.92. The van der Waals surface area contributed by atoms with E-state index in [1.807, 2.05) is 55.5 Å². The van der Waals surface area contributed by atoms with E-state index in [1.165, 1.54) is 5.56 Å². The molecule has 2 aromatic rings. The molecule has 22 heavy (non-hydrogen) atoms. The van der Waals surface area contributed by atoms with Crippen LogP contribution in [0.1, 0.15) is 12.5 Å². The molecule has 0 atom stereocenters. The molecule has 0 fully saturated rings. The Hall–Kier alpha value is -2.33. The lowest BCUT2D eigenvalue weighted by Gasteiger charge is -2.11. The van der Waals surface area contributed by atoms with E-state index < -0.39 is 0 Å². The first-order valence-electron chi connectivity index (χ1n) is 7.07. The van der Waals surface area contributed by atoms with Crippen LogP contribution in [0.4, 0.5) is 5.69 Å². The molecule has 2 N–H and O–H groups in total. The zero-order valence-corrected chi connectivity index (χ0v) is 13.7. The smallest absolute Gasteiger partial charge is 0.171 e. The molecule has 0 spiro atoms. The van der Waals surface area contributed by atoms with Gasteiger partial charge in [-0.2, -0.15) is 0 Å². The molecular weight excluding hydrogens is 292 g/mol. The normalized spacial score (nSPS) is 9.91. The van der Waals surface area contributed by atoms with Crippen molar-refractivity contribution in [2.24, 2.45) is 0 Å². The lowest BCUT2D eigenvalue weighted by atomic mass is 10.2. The Balaban J connectivity index is 1.91. The molecule has 0 aliphatic rings. The molecule has 0 heterocycles. The van der Waals surface area contributed by atoms with Gasteiger partial charge in [-0.15, -0.1) is 0 Å². The third kappa shape index (κ3) is 5.22.